The van der Waals surface area contributed by atoms with E-state index in [9.17, 15) is 20.0 Å². The van der Waals surface area contributed by atoms with Crippen molar-refractivity contribution in [1.82, 2.24) is 10.3 Å². The lowest BCUT2D eigenvalue weighted by Crippen LogP contribution is -2.44. The number of rotatable bonds is 21. The molecule has 0 spiro atoms. The molecule has 2 aliphatic rings. The minimum atomic E-state index is -1.13. The molecule has 0 aliphatic heterocycles. The topological polar surface area (TPSA) is 142 Å². The fourth-order valence-corrected chi connectivity index (χ4v) is 8.21. The number of nitrogens with zero attached hydrogens (tertiary/aromatic N) is 2. The Bertz CT molecular complexity index is 2050. The predicted molar refractivity (Wildman–Crippen MR) is 242 cm³/mol. The van der Waals surface area contributed by atoms with E-state index in [1.54, 1.807) is 36.4 Å². The van der Waals surface area contributed by atoms with Crippen LogP contribution in [0.5, 0.6) is 11.5 Å². The minimum Gasteiger partial charge on any atom is -0.493 e. The number of nitro groups is 1. The van der Waals surface area contributed by atoms with Crippen molar-refractivity contribution in [1.29, 1.82) is 0 Å². The summed E-state index contributed by atoms with van der Waals surface area (Å²) in [6.45, 7) is 11.3. The standard InChI is InChI=1S/C18H21NO5.C17H18O3.C16H24N2/c20-18(13-19(21)22)16-8-4-9-17(12-16)24-11-5-10-23-14-15-6-2-1-3-7-15;18-13-16-8-4-9-17(12-16)20-11-5-10-19-14-15-6-2-1-3-7-15;1-15(2)12-7-8-16(15,3)14(10-12)18-11-13-6-4-5-9-17-13/h1-4,6-9,12,18,20H,5,10-11,13-14H2;1-4,6-9,12-13H,5,10-11,14H2;4-6,9,12,14,18H,7-8,10-11H2,1-3H3/t18-;;/m1../s1. The van der Waals surface area contributed by atoms with Gasteiger partial charge in [0.1, 0.15) is 23.9 Å². The Hall–Kier alpha value is -5.46. The van der Waals surface area contributed by atoms with E-state index in [-0.39, 0.29) is 0 Å². The van der Waals surface area contributed by atoms with E-state index in [1.165, 1.54) is 24.8 Å². The molecule has 62 heavy (non-hydrogen) atoms. The van der Waals surface area contributed by atoms with Gasteiger partial charge in [0.15, 0.2) is 0 Å². The number of carbonyl (C=O) groups is 1. The largest absolute Gasteiger partial charge is 0.493 e. The van der Waals surface area contributed by atoms with Gasteiger partial charge in [0.2, 0.25) is 6.54 Å². The summed E-state index contributed by atoms with van der Waals surface area (Å²) in [5.74, 6) is 2.21. The molecule has 330 valence electrons. The number of ether oxygens (including phenoxy) is 4. The molecule has 2 bridgehead atoms. The highest BCUT2D eigenvalue weighted by Crippen LogP contribution is 2.65. The average molecular weight is 846 g/mol. The number of carbonyl (C=O) groups excluding carboxylic acids is 1. The van der Waals surface area contributed by atoms with Gasteiger partial charge >= 0.3 is 0 Å². The molecule has 0 amide bonds. The van der Waals surface area contributed by atoms with Gasteiger partial charge in [0.25, 0.3) is 0 Å². The lowest BCUT2D eigenvalue weighted by Gasteiger charge is -2.39. The zero-order chi connectivity index (χ0) is 44.0. The Kier molecular flexibility index (Phi) is 19.1. The normalized spacial score (nSPS) is 18.6. The van der Waals surface area contributed by atoms with Crippen LogP contribution in [0.2, 0.25) is 0 Å². The molecule has 4 aromatic carbocycles. The number of hydrogen-bond acceptors (Lipinski definition) is 10. The third-order valence-corrected chi connectivity index (χ3v) is 12.2. The van der Waals surface area contributed by atoms with Crippen molar-refractivity contribution in [2.45, 2.75) is 84.8 Å². The molecule has 0 radical (unpaired) electrons. The molecular formula is C51H63N3O8. The monoisotopic (exact) mass is 845 g/mol. The number of nitrogens with one attached hydrogen (secondary N) is 1. The average Bonchev–Trinajstić information content (AvgIpc) is 3.63. The van der Waals surface area contributed by atoms with Crippen LogP contribution in [0.1, 0.15) is 91.7 Å². The Morgan fingerprint density at radius 1 is 0.790 bits per heavy atom. The van der Waals surface area contributed by atoms with E-state index in [1.807, 2.05) is 85.1 Å². The van der Waals surface area contributed by atoms with Gasteiger partial charge in [0, 0.05) is 42.1 Å². The minimum absolute atomic E-state index is 0.465. The molecule has 1 aromatic heterocycles. The Morgan fingerprint density at radius 2 is 1.39 bits per heavy atom. The van der Waals surface area contributed by atoms with E-state index >= 15 is 0 Å². The first kappa shape index (κ1) is 47.6. The summed E-state index contributed by atoms with van der Waals surface area (Å²) >= 11 is 0. The molecular weight excluding hydrogens is 783 g/mol. The molecule has 1 heterocycles. The fourth-order valence-electron chi connectivity index (χ4n) is 8.21. The number of benzene rings is 4. The number of fused-ring (bicyclic) bond motifs is 2. The van der Waals surface area contributed by atoms with Crippen LogP contribution in [-0.4, -0.2) is 60.3 Å². The molecule has 5 aromatic rings. The second-order valence-corrected chi connectivity index (χ2v) is 16.6. The number of aromatic nitrogens is 1. The van der Waals surface area contributed by atoms with Crippen molar-refractivity contribution in [2.75, 3.05) is 33.0 Å². The van der Waals surface area contributed by atoms with Crippen molar-refractivity contribution in [3.05, 3.63) is 172 Å². The van der Waals surface area contributed by atoms with Crippen LogP contribution in [0.3, 0.4) is 0 Å². The van der Waals surface area contributed by atoms with E-state index in [4.69, 9.17) is 18.9 Å². The van der Waals surface area contributed by atoms with E-state index < -0.39 is 17.6 Å². The van der Waals surface area contributed by atoms with Gasteiger partial charge in [-0.15, -0.1) is 0 Å². The van der Waals surface area contributed by atoms with Crippen LogP contribution in [0, 0.1) is 26.9 Å². The van der Waals surface area contributed by atoms with Gasteiger partial charge in [-0.25, -0.2) is 0 Å². The number of aldehydes is 1. The molecule has 11 heteroatoms. The molecule has 4 atom stereocenters. The van der Waals surface area contributed by atoms with E-state index in [0.717, 1.165) is 48.6 Å². The number of aliphatic hydroxyl groups excluding tert-OH is 1. The van der Waals surface area contributed by atoms with Crippen molar-refractivity contribution in [3.63, 3.8) is 0 Å². The Morgan fingerprint density at radius 3 is 1.92 bits per heavy atom. The van der Waals surface area contributed by atoms with Gasteiger partial charge in [-0.1, -0.05) is 112 Å². The third kappa shape index (κ3) is 14.9. The summed E-state index contributed by atoms with van der Waals surface area (Å²) in [5, 5.41) is 24.0. The van der Waals surface area contributed by atoms with E-state index in [0.29, 0.717) is 73.4 Å². The number of pyridine rings is 1. The Labute approximate surface area is 367 Å². The van der Waals surface area contributed by atoms with Gasteiger partial charge in [-0.2, -0.15) is 0 Å². The molecule has 0 saturated heterocycles. The maximum atomic E-state index is 10.6. The summed E-state index contributed by atoms with van der Waals surface area (Å²) in [4.78, 5) is 24.9. The first-order valence-electron chi connectivity index (χ1n) is 21.6. The van der Waals surface area contributed by atoms with Crippen molar-refractivity contribution in [3.8, 4) is 11.5 Å². The van der Waals surface area contributed by atoms with Crippen molar-refractivity contribution >= 4 is 6.29 Å². The van der Waals surface area contributed by atoms with Crippen LogP contribution >= 0.6 is 0 Å². The first-order chi connectivity index (χ1) is 30.1. The zero-order valence-electron chi connectivity index (χ0n) is 36.4. The highest BCUT2D eigenvalue weighted by molar-refractivity contribution is 5.75. The first-order valence-corrected chi connectivity index (χ1v) is 21.6. The highest BCUT2D eigenvalue weighted by Gasteiger charge is 2.61. The summed E-state index contributed by atoms with van der Waals surface area (Å²) < 4.78 is 22.3. The van der Waals surface area contributed by atoms with Gasteiger partial charge in [-0.3, -0.25) is 19.9 Å². The quantitative estimate of drug-likeness (QED) is 0.0317. The maximum absolute atomic E-state index is 10.6. The maximum Gasteiger partial charge on any atom is 0.233 e. The highest BCUT2D eigenvalue weighted by atomic mass is 16.6. The molecule has 2 aliphatic carbocycles. The molecule has 2 saturated carbocycles. The summed E-state index contributed by atoms with van der Waals surface area (Å²) in [5.41, 5.74) is 5.52. The molecule has 11 nitrogen and oxygen atoms in total. The van der Waals surface area contributed by atoms with Crippen LogP contribution in [0.25, 0.3) is 0 Å². The van der Waals surface area contributed by atoms with Crippen molar-refractivity contribution in [2.24, 2.45) is 16.7 Å². The predicted octanol–water partition coefficient (Wildman–Crippen LogP) is 9.85. The van der Waals surface area contributed by atoms with Crippen molar-refractivity contribution < 1.29 is 33.8 Å². The molecule has 2 N–H and O–H groups in total. The summed E-state index contributed by atoms with van der Waals surface area (Å²) in [7, 11) is 0. The third-order valence-electron chi connectivity index (χ3n) is 12.2. The fraction of sp³-hybridized carbons (Fsp3) is 0.412. The van der Waals surface area contributed by atoms with Crippen LogP contribution in [0.15, 0.2) is 134 Å². The smallest absolute Gasteiger partial charge is 0.233 e. The lowest BCUT2D eigenvalue weighted by atomic mass is 9.69. The zero-order valence-corrected chi connectivity index (χ0v) is 36.4. The second-order valence-electron chi connectivity index (χ2n) is 16.6. The lowest BCUT2D eigenvalue weighted by molar-refractivity contribution is -0.491. The second kappa shape index (κ2) is 24.8. The van der Waals surface area contributed by atoms with Gasteiger partial charge in [0.05, 0.1) is 45.3 Å². The van der Waals surface area contributed by atoms with Crippen LogP contribution < -0.4 is 14.8 Å². The van der Waals surface area contributed by atoms with Crippen LogP contribution in [0.4, 0.5) is 0 Å². The molecule has 2 fully saturated rings. The number of aliphatic hydroxyl groups is 1. The molecule has 3 unspecified atom stereocenters. The summed E-state index contributed by atoms with van der Waals surface area (Å²) in [6, 6.07) is 40.7. The van der Waals surface area contributed by atoms with Gasteiger partial charge in [-0.05, 0) is 89.1 Å². The Balaban J connectivity index is 0.000000177. The van der Waals surface area contributed by atoms with Crippen LogP contribution in [-0.2, 0) is 29.2 Å². The number of hydrogen-bond donors (Lipinski definition) is 2. The summed E-state index contributed by atoms with van der Waals surface area (Å²) in [6.07, 6.45) is 7.26. The van der Waals surface area contributed by atoms with Gasteiger partial charge < -0.3 is 29.4 Å². The van der Waals surface area contributed by atoms with E-state index in [2.05, 4.69) is 43.2 Å². The SMILES string of the molecule is CC1(C)C2CCC1(C)C(NCc1ccccn1)C2.O=Cc1cccc(OCCCOCc2ccccc2)c1.O=[N+]([O-])C[C@@H](O)c1cccc(OCCCOCc2ccccc2)c1. The molecule has 7 rings (SSSR count).